The zero-order valence-corrected chi connectivity index (χ0v) is 12.7. The van der Waals surface area contributed by atoms with Gasteiger partial charge in [0.2, 0.25) is 0 Å². The lowest BCUT2D eigenvalue weighted by atomic mass is 10.00. The number of carboxylic acid groups (broad SMARTS) is 1. The highest BCUT2D eigenvalue weighted by Gasteiger charge is 2.31. The summed E-state index contributed by atoms with van der Waals surface area (Å²) in [5.74, 6) is -1.19. The fraction of sp³-hybridized carbons (Fsp3) is 0.588. The largest absolute Gasteiger partial charge is 0.481 e. The van der Waals surface area contributed by atoms with Gasteiger partial charge in [0, 0.05) is 38.8 Å². The summed E-state index contributed by atoms with van der Waals surface area (Å²) < 4.78 is 0. The van der Waals surface area contributed by atoms with Crippen LogP contribution in [-0.2, 0) is 11.3 Å². The zero-order valence-electron chi connectivity index (χ0n) is 12.7. The molecule has 1 aliphatic heterocycles. The SMILES string of the molecule is CC(C(=O)O)c1ccc(CN2CCN(C3CC3)CC2)cc1. The van der Waals surface area contributed by atoms with Crippen molar-refractivity contribution in [3.8, 4) is 0 Å². The molecule has 1 saturated heterocycles. The van der Waals surface area contributed by atoms with Crippen molar-refractivity contribution >= 4 is 5.97 Å². The molecule has 4 nitrogen and oxygen atoms in total. The van der Waals surface area contributed by atoms with E-state index in [1.807, 2.05) is 12.1 Å². The zero-order chi connectivity index (χ0) is 14.8. The second-order valence-corrected chi connectivity index (χ2v) is 6.34. The Balaban J connectivity index is 1.52. The van der Waals surface area contributed by atoms with Crippen LogP contribution in [0.5, 0.6) is 0 Å². The van der Waals surface area contributed by atoms with E-state index >= 15 is 0 Å². The molecule has 1 saturated carbocycles. The second-order valence-electron chi connectivity index (χ2n) is 6.34. The van der Waals surface area contributed by atoms with Crippen molar-refractivity contribution in [1.82, 2.24) is 9.80 Å². The van der Waals surface area contributed by atoms with Crippen LogP contribution in [0, 0.1) is 0 Å². The molecule has 1 atom stereocenters. The lowest BCUT2D eigenvalue weighted by Gasteiger charge is -2.34. The molecule has 1 unspecified atom stereocenters. The van der Waals surface area contributed by atoms with Gasteiger partial charge in [0.25, 0.3) is 0 Å². The standard InChI is InChI=1S/C17H24N2O2/c1-13(17(20)21)15-4-2-14(3-5-15)12-18-8-10-19(11-9-18)16-6-7-16/h2-5,13,16H,6-12H2,1H3,(H,20,21). The molecule has 0 amide bonds. The van der Waals surface area contributed by atoms with E-state index in [4.69, 9.17) is 5.11 Å². The fourth-order valence-electron chi connectivity index (χ4n) is 3.04. The highest BCUT2D eigenvalue weighted by molar-refractivity contribution is 5.75. The number of rotatable bonds is 5. The van der Waals surface area contributed by atoms with Crippen LogP contribution < -0.4 is 0 Å². The number of carboxylic acids is 1. The van der Waals surface area contributed by atoms with Crippen molar-refractivity contribution in [2.45, 2.75) is 38.3 Å². The summed E-state index contributed by atoms with van der Waals surface area (Å²) in [6.07, 6.45) is 2.78. The van der Waals surface area contributed by atoms with Crippen molar-refractivity contribution in [3.05, 3.63) is 35.4 Å². The topological polar surface area (TPSA) is 43.8 Å². The predicted molar refractivity (Wildman–Crippen MR) is 82.4 cm³/mol. The van der Waals surface area contributed by atoms with Crippen molar-refractivity contribution in [1.29, 1.82) is 0 Å². The number of hydrogen-bond acceptors (Lipinski definition) is 3. The van der Waals surface area contributed by atoms with Gasteiger partial charge in [-0.25, -0.2) is 0 Å². The van der Waals surface area contributed by atoms with Crippen LogP contribution in [0.1, 0.15) is 36.8 Å². The Kier molecular flexibility index (Phi) is 4.27. The van der Waals surface area contributed by atoms with Crippen LogP contribution in [0.25, 0.3) is 0 Å². The van der Waals surface area contributed by atoms with Crippen molar-refractivity contribution in [3.63, 3.8) is 0 Å². The minimum atomic E-state index is -0.765. The molecule has 0 bridgehead atoms. The second kappa shape index (κ2) is 6.16. The quantitative estimate of drug-likeness (QED) is 0.901. The normalized spacial score (nSPS) is 22.1. The third kappa shape index (κ3) is 3.63. The lowest BCUT2D eigenvalue weighted by molar-refractivity contribution is -0.138. The molecule has 1 aliphatic carbocycles. The fourth-order valence-corrected chi connectivity index (χ4v) is 3.04. The summed E-state index contributed by atoms with van der Waals surface area (Å²) in [6, 6.07) is 8.93. The highest BCUT2D eigenvalue weighted by atomic mass is 16.4. The van der Waals surface area contributed by atoms with Crippen LogP contribution in [0.15, 0.2) is 24.3 Å². The van der Waals surface area contributed by atoms with Crippen LogP contribution >= 0.6 is 0 Å². The molecule has 0 radical (unpaired) electrons. The van der Waals surface area contributed by atoms with Crippen molar-refractivity contribution < 1.29 is 9.90 Å². The van der Waals surface area contributed by atoms with E-state index in [1.54, 1.807) is 6.92 Å². The van der Waals surface area contributed by atoms with E-state index < -0.39 is 11.9 Å². The van der Waals surface area contributed by atoms with Gasteiger partial charge in [-0.15, -0.1) is 0 Å². The molecule has 3 rings (SSSR count). The Morgan fingerprint density at radius 1 is 1.19 bits per heavy atom. The van der Waals surface area contributed by atoms with E-state index in [9.17, 15) is 4.79 Å². The van der Waals surface area contributed by atoms with Gasteiger partial charge in [-0.1, -0.05) is 24.3 Å². The summed E-state index contributed by atoms with van der Waals surface area (Å²) in [5.41, 5.74) is 2.15. The first kappa shape index (κ1) is 14.5. The molecule has 21 heavy (non-hydrogen) atoms. The van der Waals surface area contributed by atoms with Gasteiger partial charge in [0.1, 0.15) is 0 Å². The molecule has 0 aromatic heterocycles. The molecule has 0 spiro atoms. The molecule has 1 aromatic rings. The van der Waals surface area contributed by atoms with Crippen LogP contribution in [0.3, 0.4) is 0 Å². The Labute approximate surface area is 126 Å². The number of aliphatic carboxylic acids is 1. The molecular formula is C17H24N2O2. The average Bonchev–Trinajstić information content (AvgIpc) is 3.33. The summed E-state index contributed by atoms with van der Waals surface area (Å²) in [6.45, 7) is 7.37. The van der Waals surface area contributed by atoms with Gasteiger partial charge in [-0.3, -0.25) is 14.6 Å². The first-order valence-corrected chi connectivity index (χ1v) is 7.91. The van der Waals surface area contributed by atoms with Gasteiger partial charge >= 0.3 is 5.97 Å². The van der Waals surface area contributed by atoms with Gasteiger partial charge in [-0.2, -0.15) is 0 Å². The molecule has 1 N–H and O–H groups in total. The summed E-state index contributed by atoms with van der Waals surface area (Å²) in [7, 11) is 0. The van der Waals surface area contributed by atoms with Gasteiger partial charge < -0.3 is 5.11 Å². The Bertz CT molecular complexity index is 488. The molecular weight excluding hydrogens is 264 g/mol. The van der Waals surface area contributed by atoms with E-state index in [1.165, 1.54) is 31.5 Å². The molecule has 2 aliphatic rings. The molecule has 2 fully saturated rings. The predicted octanol–water partition coefficient (Wildman–Crippen LogP) is 2.15. The van der Waals surface area contributed by atoms with Crippen molar-refractivity contribution in [2.24, 2.45) is 0 Å². The number of benzene rings is 1. The van der Waals surface area contributed by atoms with Crippen LogP contribution in [0.2, 0.25) is 0 Å². The van der Waals surface area contributed by atoms with E-state index in [0.29, 0.717) is 0 Å². The Hall–Kier alpha value is -1.39. The monoisotopic (exact) mass is 288 g/mol. The summed E-state index contributed by atoms with van der Waals surface area (Å²) >= 11 is 0. The minimum Gasteiger partial charge on any atom is -0.481 e. The first-order valence-electron chi connectivity index (χ1n) is 7.91. The minimum absolute atomic E-state index is 0.430. The lowest BCUT2D eigenvalue weighted by Crippen LogP contribution is -2.46. The highest BCUT2D eigenvalue weighted by Crippen LogP contribution is 2.27. The first-order chi connectivity index (χ1) is 10.1. The number of carbonyl (C=O) groups is 1. The maximum atomic E-state index is 11.0. The van der Waals surface area contributed by atoms with Crippen LogP contribution in [-0.4, -0.2) is 53.1 Å². The number of piperazine rings is 1. The molecule has 1 aromatic carbocycles. The third-order valence-electron chi connectivity index (χ3n) is 4.73. The number of hydrogen-bond donors (Lipinski definition) is 1. The molecule has 4 heteroatoms. The Morgan fingerprint density at radius 3 is 2.33 bits per heavy atom. The number of nitrogens with zero attached hydrogens (tertiary/aromatic N) is 2. The van der Waals surface area contributed by atoms with E-state index in [-0.39, 0.29) is 0 Å². The third-order valence-corrected chi connectivity index (χ3v) is 4.73. The molecule has 1 heterocycles. The van der Waals surface area contributed by atoms with E-state index in [2.05, 4.69) is 21.9 Å². The summed E-state index contributed by atoms with van der Waals surface area (Å²) in [4.78, 5) is 16.1. The average molecular weight is 288 g/mol. The molecule has 114 valence electrons. The van der Waals surface area contributed by atoms with Crippen LogP contribution in [0.4, 0.5) is 0 Å². The van der Waals surface area contributed by atoms with Crippen molar-refractivity contribution in [2.75, 3.05) is 26.2 Å². The van der Waals surface area contributed by atoms with E-state index in [0.717, 1.165) is 31.2 Å². The van der Waals surface area contributed by atoms with Gasteiger partial charge in [0.05, 0.1) is 5.92 Å². The maximum Gasteiger partial charge on any atom is 0.310 e. The maximum absolute atomic E-state index is 11.0. The Morgan fingerprint density at radius 2 is 1.81 bits per heavy atom. The van der Waals surface area contributed by atoms with Gasteiger partial charge in [-0.05, 0) is 30.9 Å². The van der Waals surface area contributed by atoms with Gasteiger partial charge in [0.15, 0.2) is 0 Å². The smallest absolute Gasteiger partial charge is 0.310 e. The summed E-state index contributed by atoms with van der Waals surface area (Å²) in [5, 5.41) is 9.03.